The Morgan fingerprint density at radius 3 is 2.44 bits per heavy atom. The molecule has 3 nitrogen and oxygen atoms in total. The van der Waals surface area contributed by atoms with Crippen LogP contribution in [0.25, 0.3) is 0 Å². The van der Waals surface area contributed by atoms with Crippen LogP contribution in [0.4, 0.5) is 0 Å². The summed E-state index contributed by atoms with van der Waals surface area (Å²) in [4.78, 5) is 24.5. The standard InChI is InChI=1S/C13H21NO2/c1-8(2)14-11(16)13-6-5-9(7-10(13)15)12(13,3)4/h8-9H,5-7H2,1-4H3,(H,14,16). The van der Waals surface area contributed by atoms with Gasteiger partial charge in [0.1, 0.15) is 11.2 Å². The molecule has 0 spiro atoms. The number of hydrogen-bond donors (Lipinski definition) is 1. The first kappa shape index (κ1) is 11.6. The van der Waals surface area contributed by atoms with E-state index in [4.69, 9.17) is 0 Å². The fourth-order valence-corrected chi connectivity index (χ4v) is 3.59. The van der Waals surface area contributed by atoms with Crippen LogP contribution in [0.3, 0.4) is 0 Å². The summed E-state index contributed by atoms with van der Waals surface area (Å²) >= 11 is 0. The Labute approximate surface area is 97.0 Å². The molecule has 90 valence electrons. The summed E-state index contributed by atoms with van der Waals surface area (Å²) in [5.41, 5.74) is -0.898. The smallest absolute Gasteiger partial charge is 0.234 e. The average molecular weight is 223 g/mol. The zero-order valence-electron chi connectivity index (χ0n) is 10.6. The Kier molecular flexibility index (Phi) is 2.41. The number of amides is 1. The predicted molar refractivity (Wildman–Crippen MR) is 61.8 cm³/mol. The molecule has 2 bridgehead atoms. The molecule has 2 rings (SSSR count). The Balaban J connectivity index is 2.35. The highest BCUT2D eigenvalue weighted by atomic mass is 16.2. The van der Waals surface area contributed by atoms with Gasteiger partial charge in [-0.25, -0.2) is 0 Å². The van der Waals surface area contributed by atoms with Gasteiger partial charge in [-0.1, -0.05) is 13.8 Å². The van der Waals surface area contributed by atoms with Gasteiger partial charge in [0.2, 0.25) is 5.91 Å². The summed E-state index contributed by atoms with van der Waals surface area (Å²) in [6, 6.07) is 0.102. The van der Waals surface area contributed by atoms with Crippen LogP contribution in [0, 0.1) is 16.7 Å². The van der Waals surface area contributed by atoms with Crippen LogP contribution in [0.15, 0.2) is 0 Å². The van der Waals surface area contributed by atoms with Gasteiger partial charge >= 0.3 is 0 Å². The van der Waals surface area contributed by atoms with Gasteiger partial charge < -0.3 is 5.32 Å². The molecule has 3 heteroatoms. The highest BCUT2D eigenvalue weighted by molar-refractivity contribution is 6.09. The van der Waals surface area contributed by atoms with Gasteiger partial charge in [-0.15, -0.1) is 0 Å². The normalized spacial score (nSPS) is 35.8. The lowest BCUT2D eigenvalue weighted by atomic mass is 9.68. The molecular formula is C13H21NO2. The van der Waals surface area contributed by atoms with Crippen molar-refractivity contribution < 1.29 is 9.59 Å². The van der Waals surface area contributed by atoms with Crippen LogP contribution in [-0.2, 0) is 9.59 Å². The molecule has 0 radical (unpaired) electrons. The van der Waals surface area contributed by atoms with Crippen molar-refractivity contribution >= 4 is 11.7 Å². The number of carbonyl (C=O) groups is 2. The molecule has 1 amide bonds. The quantitative estimate of drug-likeness (QED) is 0.727. The van der Waals surface area contributed by atoms with Crippen molar-refractivity contribution in [3.05, 3.63) is 0 Å². The van der Waals surface area contributed by atoms with Crippen molar-refractivity contribution in [3.63, 3.8) is 0 Å². The summed E-state index contributed by atoms with van der Waals surface area (Å²) in [7, 11) is 0. The first-order chi connectivity index (χ1) is 7.32. The number of ketones is 1. The molecule has 0 aliphatic heterocycles. The summed E-state index contributed by atoms with van der Waals surface area (Å²) in [6.07, 6.45) is 2.35. The molecule has 0 saturated heterocycles. The summed E-state index contributed by atoms with van der Waals surface area (Å²) in [5, 5.41) is 2.93. The maximum atomic E-state index is 12.3. The topological polar surface area (TPSA) is 46.2 Å². The van der Waals surface area contributed by atoms with Crippen LogP contribution in [-0.4, -0.2) is 17.7 Å². The zero-order valence-corrected chi connectivity index (χ0v) is 10.6. The summed E-state index contributed by atoms with van der Waals surface area (Å²) in [6.45, 7) is 8.03. The van der Waals surface area contributed by atoms with E-state index in [1.54, 1.807) is 0 Å². The van der Waals surface area contributed by atoms with E-state index in [0.717, 1.165) is 12.8 Å². The van der Waals surface area contributed by atoms with Crippen LogP contribution < -0.4 is 5.32 Å². The summed E-state index contributed by atoms with van der Waals surface area (Å²) in [5.74, 6) is 0.516. The molecule has 2 aliphatic rings. The minimum absolute atomic E-state index is 0.0440. The van der Waals surface area contributed by atoms with E-state index in [9.17, 15) is 9.59 Å². The molecule has 2 fully saturated rings. The monoisotopic (exact) mass is 223 g/mol. The average Bonchev–Trinajstić information content (AvgIpc) is 2.49. The van der Waals surface area contributed by atoms with Gasteiger partial charge in [-0.05, 0) is 38.0 Å². The van der Waals surface area contributed by atoms with E-state index >= 15 is 0 Å². The van der Waals surface area contributed by atoms with Crippen molar-refractivity contribution in [1.82, 2.24) is 5.32 Å². The molecular weight excluding hydrogens is 202 g/mol. The second-order valence-electron chi connectivity index (χ2n) is 6.12. The third kappa shape index (κ3) is 1.20. The lowest BCUT2D eigenvalue weighted by molar-refractivity contribution is -0.145. The summed E-state index contributed by atoms with van der Waals surface area (Å²) < 4.78 is 0. The number of Topliss-reactive ketones (excluding diaryl/α,β-unsaturated/α-hetero) is 1. The van der Waals surface area contributed by atoms with Gasteiger partial charge in [0.05, 0.1) is 0 Å². The van der Waals surface area contributed by atoms with Crippen LogP contribution in [0.1, 0.15) is 47.0 Å². The minimum atomic E-state index is -0.734. The molecule has 2 saturated carbocycles. The first-order valence-corrected chi connectivity index (χ1v) is 6.16. The highest BCUT2D eigenvalue weighted by Gasteiger charge is 2.68. The van der Waals surface area contributed by atoms with Gasteiger partial charge in [-0.2, -0.15) is 0 Å². The number of fused-ring (bicyclic) bond motifs is 2. The molecule has 2 aliphatic carbocycles. The molecule has 0 aromatic heterocycles. The van der Waals surface area contributed by atoms with Crippen LogP contribution in [0.5, 0.6) is 0 Å². The Hall–Kier alpha value is -0.860. The molecule has 0 heterocycles. The number of hydrogen-bond acceptors (Lipinski definition) is 2. The van der Waals surface area contributed by atoms with E-state index in [-0.39, 0.29) is 23.1 Å². The zero-order chi connectivity index (χ0) is 12.1. The largest absolute Gasteiger partial charge is 0.353 e. The fourth-order valence-electron chi connectivity index (χ4n) is 3.59. The second kappa shape index (κ2) is 3.31. The maximum absolute atomic E-state index is 12.3. The minimum Gasteiger partial charge on any atom is -0.353 e. The molecule has 2 unspecified atom stereocenters. The Morgan fingerprint density at radius 1 is 1.44 bits per heavy atom. The molecule has 0 aromatic carbocycles. The van der Waals surface area contributed by atoms with E-state index in [1.165, 1.54) is 0 Å². The molecule has 16 heavy (non-hydrogen) atoms. The van der Waals surface area contributed by atoms with E-state index in [0.29, 0.717) is 12.3 Å². The van der Waals surface area contributed by atoms with E-state index in [2.05, 4.69) is 19.2 Å². The van der Waals surface area contributed by atoms with Gasteiger partial charge in [-0.3, -0.25) is 9.59 Å². The maximum Gasteiger partial charge on any atom is 0.234 e. The van der Waals surface area contributed by atoms with Gasteiger partial charge in [0, 0.05) is 12.5 Å². The lowest BCUT2D eigenvalue weighted by Crippen LogP contribution is -2.51. The second-order valence-corrected chi connectivity index (χ2v) is 6.12. The van der Waals surface area contributed by atoms with Crippen molar-refractivity contribution in [2.75, 3.05) is 0 Å². The fraction of sp³-hybridized carbons (Fsp3) is 0.846. The molecule has 0 aromatic rings. The van der Waals surface area contributed by atoms with Crippen molar-refractivity contribution in [1.29, 1.82) is 0 Å². The Morgan fingerprint density at radius 2 is 2.06 bits per heavy atom. The number of nitrogens with one attached hydrogen (secondary N) is 1. The van der Waals surface area contributed by atoms with E-state index < -0.39 is 5.41 Å². The first-order valence-electron chi connectivity index (χ1n) is 6.16. The third-order valence-corrected chi connectivity index (χ3v) is 4.70. The predicted octanol–water partition coefficient (Wildman–Crippen LogP) is 1.91. The van der Waals surface area contributed by atoms with Crippen LogP contribution in [0.2, 0.25) is 0 Å². The van der Waals surface area contributed by atoms with Gasteiger partial charge in [0.15, 0.2) is 0 Å². The SMILES string of the molecule is CC(C)NC(=O)C12CCC(CC1=O)C2(C)C. The number of rotatable bonds is 2. The Bertz CT molecular complexity index is 346. The van der Waals surface area contributed by atoms with Crippen molar-refractivity contribution in [2.24, 2.45) is 16.7 Å². The van der Waals surface area contributed by atoms with E-state index in [1.807, 2.05) is 13.8 Å². The molecule has 1 N–H and O–H groups in total. The van der Waals surface area contributed by atoms with Crippen LogP contribution >= 0.6 is 0 Å². The third-order valence-electron chi connectivity index (χ3n) is 4.70. The van der Waals surface area contributed by atoms with Crippen molar-refractivity contribution in [3.8, 4) is 0 Å². The van der Waals surface area contributed by atoms with Gasteiger partial charge in [0.25, 0.3) is 0 Å². The van der Waals surface area contributed by atoms with Crippen molar-refractivity contribution in [2.45, 2.75) is 53.0 Å². The number of carbonyl (C=O) groups excluding carboxylic acids is 2. The highest BCUT2D eigenvalue weighted by Crippen LogP contribution is 2.63. The molecule has 2 atom stereocenters. The lowest BCUT2D eigenvalue weighted by Gasteiger charge is -2.35.